The van der Waals surface area contributed by atoms with Crippen LogP contribution >= 0.6 is 0 Å². The van der Waals surface area contributed by atoms with Gasteiger partial charge in [-0.1, -0.05) is 30.3 Å². The van der Waals surface area contributed by atoms with Gasteiger partial charge in [0.2, 0.25) is 5.91 Å². The number of hydrogen-bond donors (Lipinski definition) is 2. The summed E-state index contributed by atoms with van der Waals surface area (Å²) in [5.41, 5.74) is 3.28. The van der Waals surface area contributed by atoms with E-state index in [4.69, 9.17) is 0 Å². The Morgan fingerprint density at radius 1 is 0.906 bits per heavy atom. The van der Waals surface area contributed by atoms with Crippen molar-refractivity contribution in [2.45, 2.75) is 6.42 Å². The minimum Gasteiger partial charge on any atom is -0.354 e. The molecule has 4 aromatic rings. The van der Waals surface area contributed by atoms with Crippen molar-refractivity contribution in [1.29, 1.82) is 0 Å². The lowest BCUT2D eigenvalue weighted by Crippen LogP contribution is -2.35. The van der Waals surface area contributed by atoms with E-state index in [2.05, 4.69) is 20.6 Å². The maximum Gasteiger partial charge on any atom is 0.252 e. The smallest absolute Gasteiger partial charge is 0.252 e. The monoisotopic (exact) mass is 428 g/mol. The molecule has 0 atom stereocenters. The van der Waals surface area contributed by atoms with Gasteiger partial charge in [0.1, 0.15) is 5.82 Å². The lowest BCUT2D eigenvalue weighted by Gasteiger charge is -2.11. The molecule has 7 heteroatoms. The van der Waals surface area contributed by atoms with Crippen LogP contribution in [0.5, 0.6) is 0 Å². The van der Waals surface area contributed by atoms with Gasteiger partial charge < -0.3 is 10.6 Å². The third kappa shape index (κ3) is 5.13. The average molecular weight is 428 g/mol. The Balaban J connectivity index is 1.41. The van der Waals surface area contributed by atoms with Crippen LogP contribution in [0.25, 0.3) is 22.2 Å². The molecule has 0 saturated carbocycles. The minimum atomic E-state index is -0.377. The van der Waals surface area contributed by atoms with Crippen molar-refractivity contribution >= 4 is 22.7 Å². The van der Waals surface area contributed by atoms with Crippen LogP contribution in [-0.4, -0.2) is 34.9 Å². The van der Waals surface area contributed by atoms with Crippen molar-refractivity contribution in [3.63, 3.8) is 0 Å². The quantitative estimate of drug-likeness (QED) is 0.441. The molecule has 0 fully saturated rings. The fraction of sp³-hybridized carbons (Fsp3) is 0.120. The molecule has 0 radical (unpaired) electrons. The zero-order chi connectivity index (χ0) is 22.3. The van der Waals surface area contributed by atoms with Crippen molar-refractivity contribution in [2.24, 2.45) is 0 Å². The van der Waals surface area contributed by atoms with Crippen LogP contribution < -0.4 is 10.6 Å². The van der Waals surface area contributed by atoms with E-state index in [1.165, 1.54) is 12.1 Å². The van der Waals surface area contributed by atoms with Crippen molar-refractivity contribution < 1.29 is 14.0 Å². The number of fused-ring (bicyclic) bond motifs is 1. The number of halogens is 1. The van der Waals surface area contributed by atoms with Crippen molar-refractivity contribution in [1.82, 2.24) is 20.6 Å². The van der Waals surface area contributed by atoms with Crippen LogP contribution in [0, 0.1) is 5.82 Å². The van der Waals surface area contributed by atoms with Crippen molar-refractivity contribution in [3.8, 4) is 11.3 Å². The Kier molecular flexibility index (Phi) is 6.46. The number of nitrogens with zero attached hydrogens (tertiary/aromatic N) is 2. The molecule has 6 nitrogen and oxygen atoms in total. The molecule has 0 aliphatic rings. The number of aromatic nitrogens is 2. The summed E-state index contributed by atoms with van der Waals surface area (Å²) in [6, 6.07) is 18.8. The van der Waals surface area contributed by atoms with Crippen LogP contribution in [0.3, 0.4) is 0 Å². The molecule has 2 aromatic heterocycles. The highest BCUT2D eigenvalue weighted by atomic mass is 19.1. The molecule has 2 aromatic carbocycles. The predicted octanol–water partition coefficient (Wildman–Crippen LogP) is 3.52. The molecule has 4 rings (SSSR count). The van der Waals surface area contributed by atoms with Gasteiger partial charge in [0.15, 0.2) is 0 Å². The maximum absolute atomic E-state index is 13.2. The van der Waals surface area contributed by atoms with E-state index in [1.54, 1.807) is 30.6 Å². The van der Waals surface area contributed by atoms with E-state index in [-0.39, 0.29) is 37.1 Å². The number of benzene rings is 2. The summed E-state index contributed by atoms with van der Waals surface area (Å²) >= 11 is 0. The van der Waals surface area contributed by atoms with E-state index in [0.717, 1.165) is 10.9 Å². The molecule has 0 spiro atoms. The topological polar surface area (TPSA) is 84.0 Å². The first-order valence-electron chi connectivity index (χ1n) is 10.2. The Hall–Kier alpha value is -4.13. The van der Waals surface area contributed by atoms with E-state index < -0.39 is 0 Å². The van der Waals surface area contributed by atoms with Gasteiger partial charge in [-0.3, -0.25) is 14.6 Å². The van der Waals surface area contributed by atoms with Crippen LogP contribution in [0.4, 0.5) is 4.39 Å². The summed E-state index contributed by atoms with van der Waals surface area (Å²) in [5, 5.41) is 6.32. The fourth-order valence-corrected chi connectivity index (χ4v) is 3.39. The molecule has 0 aliphatic carbocycles. The number of pyridine rings is 2. The number of nitrogens with one attached hydrogen (secondary N) is 2. The Bertz CT molecular complexity index is 1260. The van der Waals surface area contributed by atoms with Crippen LogP contribution in [-0.2, 0) is 11.2 Å². The zero-order valence-electron chi connectivity index (χ0n) is 17.2. The van der Waals surface area contributed by atoms with Gasteiger partial charge in [0.05, 0.1) is 23.2 Å². The molecule has 0 aliphatic heterocycles. The fourth-order valence-electron chi connectivity index (χ4n) is 3.39. The summed E-state index contributed by atoms with van der Waals surface area (Å²) in [6.07, 6.45) is 3.46. The van der Waals surface area contributed by atoms with Gasteiger partial charge in [0, 0.05) is 36.4 Å². The molecule has 32 heavy (non-hydrogen) atoms. The third-order valence-corrected chi connectivity index (χ3v) is 4.90. The summed E-state index contributed by atoms with van der Waals surface area (Å²) in [5.74, 6) is -0.871. The van der Waals surface area contributed by atoms with Crippen LogP contribution in [0.1, 0.15) is 15.9 Å². The molecule has 2 N–H and O–H groups in total. The number of hydrogen-bond acceptors (Lipinski definition) is 4. The van der Waals surface area contributed by atoms with Crippen LogP contribution in [0.2, 0.25) is 0 Å². The highest BCUT2D eigenvalue weighted by Crippen LogP contribution is 2.24. The van der Waals surface area contributed by atoms with Gasteiger partial charge in [-0.25, -0.2) is 9.37 Å². The van der Waals surface area contributed by atoms with E-state index in [9.17, 15) is 14.0 Å². The minimum absolute atomic E-state index is 0.0785. The van der Waals surface area contributed by atoms with Gasteiger partial charge in [-0.15, -0.1) is 0 Å². The Labute approximate surface area is 184 Å². The molecule has 2 heterocycles. The highest BCUT2D eigenvalue weighted by Gasteiger charge is 2.14. The number of rotatable bonds is 7. The standard InChI is InChI=1S/C25H21FN4O2/c26-19-7-3-5-17(13-19)14-24(31)28-11-12-29-25(32)21-15-23(18-6-4-10-27-16-18)30-22-9-2-1-8-20(21)22/h1-10,13,15-16H,11-12,14H2,(H,28,31)(H,29,32). The van der Waals surface area contributed by atoms with Gasteiger partial charge >= 0.3 is 0 Å². The molecule has 0 saturated heterocycles. The predicted molar refractivity (Wildman–Crippen MR) is 120 cm³/mol. The first-order valence-corrected chi connectivity index (χ1v) is 10.2. The van der Waals surface area contributed by atoms with Gasteiger partial charge in [0.25, 0.3) is 5.91 Å². The van der Waals surface area contributed by atoms with Crippen molar-refractivity contribution in [3.05, 3.63) is 96.1 Å². The summed E-state index contributed by atoms with van der Waals surface area (Å²) in [4.78, 5) is 33.7. The zero-order valence-corrected chi connectivity index (χ0v) is 17.2. The highest BCUT2D eigenvalue weighted by molar-refractivity contribution is 6.07. The average Bonchev–Trinajstić information content (AvgIpc) is 2.81. The van der Waals surface area contributed by atoms with Gasteiger partial charge in [-0.05, 0) is 42.0 Å². The second kappa shape index (κ2) is 9.78. The molecular formula is C25H21FN4O2. The summed E-state index contributed by atoms with van der Waals surface area (Å²) < 4.78 is 13.2. The molecule has 2 amide bonds. The maximum atomic E-state index is 13.2. The van der Waals surface area contributed by atoms with Crippen molar-refractivity contribution in [2.75, 3.05) is 13.1 Å². The molecule has 0 bridgehead atoms. The summed E-state index contributed by atoms with van der Waals surface area (Å²) in [6.45, 7) is 0.519. The molecule has 0 unspecified atom stereocenters. The number of amides is 2. The van der Waals surface area contributed by atoms with E-state index >= 15 is 0 Å². The van der Waals surface area contributed by atoms with Gasteiger partial charge in [-0.2, -0.15) is 0 Å². The van der Waals surface area contributed by atoms with E-state index in [1.807, 2.05) is 36.4 Å². The second-order valence-corrected chi connectivity index (χ2v) is 7.23. The lowest BCUT2D eigenvalue weighted by molar-refractivity contribution is -0.120. The number of carbonyl (C=O) groups excluding carboxylic acids is 2. The largest absolute Gasteiger partial charge is 0.354 e. The summed E-state index contributed by atoms with van der Waals surface area (Å²) in [7, 11) is 0. The second-order valence-electron chi connectivity index (χ2n) is 7.23. The lowest BCUT2D eigenvalue weighted by atomic mass is 10.0. The number of carbonyl (C=O) groups is 2. The SMILES string of the molecule is O=C(Cc1cccc(F)c1)NCCNC(=O)c1cc(-c2cccnc2)nc2ccccc12. The Morgan fingerprint density at radius 2 is 1.75 bits per heavy atom. The van der Waals surface area contributed by atoms with Crippen LogP contribution in [0.15, 0.2) is 79.1 Å². The molecular weight excluding hydrogens is 407 g/mol. The first kappa shape index (κ1) is 21.1. The van der Waals surface area contributed by atoms with E-state index in [0.29, 0.717) is 22.3 Å². The normalized spacial score (nSPS) is 10.7. The first-order chi connectivity index (χ1) is 15.6. The third-order valence-electron chi connectivity index (χ3n) is 4.90. The Morgan fingerprint density at radius 3 is 2.56 bits per heavy atom. The molecule has 160 valence electrons. The number of para-hydroxylation sites is 1.